The Morgan fingerprint density at radius 1 is 1.30 bits per heavy atom. The quantitative estimate of drug-likeness (QED) is 0.892. The van der Waals surface area contributed by atoms with E-state index in [1.54, 1.807) is 6.20 Å². The van der Waals surface area contributed by atoms with Gasteiger partial charge in [0.05, 0.1) is 0 Å². The topological polar surface area (TPSA) is 45.2 Å². The molecule has 1 atom stereocenters. The van der Waals surface area contributed by atoms with Crippen molar-refractivity contribution >= 4 is 11.6 Å². The highest BCUT2D eigenvalue weighted by atomic mass is 16.1. The number of anilines is 1. The van der Waals surface area contributed by atoms with Gasteiger partial charge in [0.1, 0.15) is 0 Å². The van der Waals surface area contributed by atoms with E-state index in [1.807, 2.05) is 18.3 Å². The van der Waals surface area contributed by atoms with Crippen LogP contribution in [0.15, 0.2) is 48.8 Å². The second kappa shape index (κ2) is 7.27. The Balaban J connectivity index is 1.46. The Morgan fingerprint density at radius 2 is 2.17 bits per heavy atom. The van der Waals surface area contributed by atoms with Gasteiger partial charge in [-0.1, -0.05) is 24.3 Å². The van der Waals surface area contributed by atoms with Crippen LogP contribution in [0.2, 0.25) is 0 Å². The van der Waals surface area contributed by atoms with Crippen molar-refractivity contribution in [2.24, 2.45) is 0 Å². The maximum Gasteiger partial charge on any atom is 0.220 e. The molecule has 0 bridgehead atoms. The predicted octanol–water partition coefficient (Wildman–Crippen LogP) is 2.58. The van der Waals surface area contributed by atoms with E-state index >= 15 is 0 Å². The first kappa shape index (κ1) is 15.5. The summed E-state index contributed by atoms with van der Waals surface area (Å²) in [6, 6.07) is 12.7. The number of aromatic nitrogens is 1. The van der Waals surface area contributed by atoms with Crippen molar-refractivity contribution in [1.82, 2.24) is 10.3 Å². The molecule has 0 fully saturated rings. The lowest BCUT2D eigenvalue weighted by atomic mass is 10.1. The van der Waals surface area contributed by atoms with Gasteiger partial charge in [0.2, 0.25) is 5.91 Å². The minimum absolute atomic E-state index is 0.105. The lowest BCUT2D eigenvalue weighted by Gasteiger charge is -2.27. The van der Waals surface area contributed by atoms with Crippen LogP contribution in [-0.2, 0) is 17.6 Å². The summed E-state index contributed by atoms with van der Waals surface area (Å²) in [5.41, 5.74) is 3.82. The normalized spacial score (nSPS) is 14.4. The SMILES string of the molecule is C[C@H](CNC(=O)CCc1cccnc1)N1CCc2ccccc21. The van der Waals surface area contributed by atoms with Crippen molar-refractivity contribution in [3.05, 3.63) is 59.9 Å². The summed E-state index contributed by atoms with van der Waals surface area (Å²) in [6.07, 6.45) is 5.90. The van der Waals surface area contributed by atoms with E-state index < -0.39 is 0 Å². The fourth-order valence-corrected chi connectivity index (χ4v) is 3.09. The maximum absolute atomic E-state index is 12.0. The van der Waals surface area contributed by atoms with Crippen LogP contribution in [0.4, 0.5) is 5.69 Å². The molecule has 120 valence electrons. The third kappa shape index (κ3) is 3.89. The number of hydrogen-bond acceptors (Lipinski definition) is 3. The van der Waals surface area contributed by atoms with Gasteiger partial charge in [0.15, 0.2) is 0 Å². The fourth-order valence-electron chi connectivity index (χ4n) is 3.09. The third-order valence-corrected chi connectivity index (χ3v) is 4.41. The number of fused-ring (bicyclic) bond motifs is 1. The lowest BCUT2D eigenvalue weighted by molar-refractivity contribution is -0.121. The Bertz CT molecular complexity index is 657. The number of nitrogens with one attached hydrogen (secondary N) is 1. The molecule has 23 heavy (non-hydrogen) atoms. The molecule has 4 heteroatoms. The lowest BCUT2D eigenvalue weighted by Crippen LogP contribution is -2.41. The molecule has 1 aliphatic rings. The molecule has 2 aromatic rings. The van der Waals surface area contributed by atoms with Crippen molar-refractivity contribution in [1.29, 1.82) is 0 Å². The van der Waals surface area contributed by atoms with Gasteiger partial charge in [0.25, 0.3) is 0 Å². The Hall–Kier alpha value is -2.36. The number of carbonyl (C=O) groups is 1. The summed E-state index contributed by atoms with van der Waals surface area (Å²) in [7, 11) is 0. The van der Waals surface area contributed by atoms with E-state index in [9.17, 15) is 4.79 Å². The summed E-state index contributed by atoms with van der Waals surface area (Å²) in [5, 5.41) is 3.06. The van der Waals surface area contributed by atoms with E-state index in [4.69, 9.17) is 0 Å². The number of amides is 1. The average molecular weight is 309 g/mol. The Morgan fingerprint density at radius 3 is 3.00 bits per heavy atom. The van der Waals surface area contributed by atoms with E-state index in [0.717, 1.165) is 24.9 Å². The Kier molecular flexibility index (Phi) is 4.91. The number of rotatable bonds is 6. The van der Waals surface area contributed by atoms with Crippen LogP contribution in [-0.4, -0.2) is 30.0 Å². The molecule has 3 rings (SSSR count). The molecule has 0 saturated carbocycles. The smallest absolute Gasteiger partial charge is 0.220 e. The van der Waals surface area contributed by atoms with Crippen molar-refractivity contribution in [3.8, 4) is 0 Å². The van der Waals surface area contributed by atoms with E-state index in [-0.39, 0.29) is 5.91 Å². The zero-order chi connectivity index (χ0) is 16.1. The number of pyridine rings is 1. The van der Waals surface area contributed by atoms with Gasteiger partial charge in [-0.3, -0.25) is 9.78 Å². The molecule has 4 nitrogen and oxygen atoms in total. The Labute approximate surface area is 137 Å². The van der Waals surface area contributed by atoms with Gasteiger partial charge >= 0.3 is 0 Å². The summed E-state index contributed by atoms with van der Waals surface area (Å²) >= 11 is 0. The van der Waals surface area contributed by atoms with E-state index in [0.29, 0.717) is 19.0 Å². The number of hydrogen-bond donors (Lipinski definition) is 1. The van der Waals surface area contributed by atoms with Crippen LogP contribution in [0.5, 0.6) is 0 Å². The first-order chi connectivity index (χ1) is 11.2. The van der Waals surface area contributed by atoms with Crippen LogP contribution in [0.25, 0.3) is 0 Å². The minimum atomic E-state index is 0.105. The predicted molar refractivity (Wildman–Crippen MR) is 92.5 cm³/mol. The number of benzene rings is 1. The number of carbonyl (C=O) groups excluding carboxylic acids is 1. The monoisotopic (exact) mass is 309 g/mol. The first-order valence-corrected chi connectivity index (χ1v) is 8.24. The van der Waals surface area contributed by atoms with Gasteiger partial charge in [-0.25, -0.2) is 0 Å². The van der Waals surface area contributed by atoms with Gasteiger partial charge in [0, 0.05) is 43.6 Å². The minimum Gasteiger partial charge on any atom is -0.366 e. The van der Waals surface area contributed by atoms with Gasteiger partial charge in [-0.05, 0) is 43.0 Å². The van der Waals surface area contributed by atoms with E-state index in [1.165, 1.54) is 11.3 Å². The second-order valence-corrected chi connectivity index (χ2v) is 6.09. The molecule has 1 aromatic heterocycles. The molecule has 2 heterocycles. The summed E-state index contributed by atoms with van der Waals surface area (Å²) in [4.78, 5) is 18.5. The number of para-hydroxylation sites is 1. The van der Waals surface area contributed by atoms with Crippen LogP contribution in [0, 0.1) is 0 Å². The van der Waals surface area contributed by atoms with Crippen molar-refractivity contribution < 1.29 is 4.79 Å². The molecule has 0 radical (unpaired) electrons. The largest absolute Gasteiger partial charge is 0.366 e. The third-order valence-electron chi connectivity index (χ3n) is 4.41. The van der Waals surface area contributed by atoms with E-state index in [2.05, 4.69) is 46.4 Å². The molecular weight excluding hydrogens is 286 g/mol. The number of nitrogens with zero attached hydrogens (tertiary/aromatic N) is 2. The van der Waals surface area contributed by atoms with Crippen molar-refractivity contribution in [2.45, 2.75) is 32.2 Å². The molecule has 0 saturated heterocycles. The molecule has 0 spiro atoms. The molecule has 1 aliphatic heterocycles. The van der Waals surface area contributed by atoms with Crippen LogP contribution < -0.4 is 10.2 Å². The highest BCUT2D eigenvalue weighted by Crippen LogP contribution is 2.28. The molecule has 1 amide bonds. The highest BCUT2D eigenvalue weighted by molar-refractivity contribution is 5.76. The zero-order valence-corrected chi connectivity index (χ0v) is 13.5. The fraction of sp³-hybridized carbons (Fsp3) is 0.368. The van der Waals surface area contributed by atoms with Gasteiger partial charge in [-0.2, -0.15) is 0 Å². The second-order valence-electron chi connectivity index (χ2n) is 6.09. The number of aryl methyl sites for hydroxylation is 1. The molecule has 1 N–H and O–H groups in total. The van der Waals surface area contributed by atoms with Gasteiger partial charge < -0.3 is 10.2 Å². The maximum atomic E-state index is 12.0. The standard InChI is InChI=1S/C19H23N3O/c1-15(22-12-10-17-6-2-3-7-18(17)22)13-21-19(23)9-8-16-5-4-11-20-14-16/h2-7,11,14-15H,8-10,12-13H2,1H3,(H,21,23)/t15-/m1/s1. The zero-order valence-electron chi connectivity index (χ0n) is 13.5. The first-order valence-electron chi connectivity index (χ1n) is 8.24. The summed E-state index contributed by atoms with van der Waals surface area (Å²) in [5.74, 6) is 0.105. The van der Waals surface area contributed by atoms with Crippen LogP contribution in [0.1, 0.15) is 24.5 Å². The molecular formula is C19H23N3O. The molecule has 0 aliphatic carbocycles. The van der Waals surface area contributed by atoms with Crippen LogP contribution >= 0.6 is 0 Å². The summed E-state index contributed by atoms with van der Waals surface area (Å²) < 4.78 is 0. The average Bonchev–Trinajstić information content (AvgIpc) is 3.03. The van der Waals surface area contributed by atoms with Crippen LogP contribution in [0.3, 0.4) is 0 Å². The highest BCUT2D eigenvalue weighted by Gasteiger charge is 2.22. The molecule has 0 unspecified atom stereocenters. The van der Waals surface area contributed by atoms with Crippen molar-refractivity contribution in [3.63, 3.8) is 0 Å². The van der Waals surface area contributed by atoms with Gasteiger partial charge in [-0.15, -0.1) is 0 Å². The summed E-state index contributed by atoms with van der Waals surface area (Å²) in [6.45, 7) is 3.88. The van der Waals surface area contributed by atoms with Crippen molar-refractivity contribution in [2.75, 3.05) is 18.0 Å². The molecule has 1 aromatic carbocycles.